The first-order valence-corrected chi connectivity index (χ1v) is 9.17. The van der Waals surface area contributed by atoms with Crippen molar-refractivity contribution in [3.8, 4) is 6.07 Å². The number of benzene rings is 1. The Morgan fingerprint density at radius 1 is 1.33 bits per heavy atom. The summed E-state index contributed by atoms with van der Waals surface area (Å²) in [6, 6.07) is 5.83. The predicted octanol–water partition coefficient (Wildman–Crippen LogP) is 1.99. The highest BCUT2D eigenvalue weighted by Crippen LogP contribution is 2.30. The van der Waals surface area contributed by atoms with Crippen molar-refractivity contribution in [1.29, 1.82) is 5.26 Å². The van der Waals surface area contributed by atoms with Crippen LogP contribution in [0, 0.1) is 17.2 Å². The maximum absolute atomic E-state index is 12.2. The highest BCUT2D eigenvalue weighted by Gasteiger charge is 2.29. The minimum absolute atomic E-state index is 0.00837. The molecule has 3 rings (SSSR count). The Morgan fingerprint density at radius 3 is 2.70 bits per heavy atom. The zero-order valence-corrected chi connectivity index (χ0v) is 15.9. The second-order valence-electron chi connectivity index (χ2n) is 8.00. The monoisotopic (exact) mass is 367 g/mol. The number of carbonyl (C=O) groups excluding carboxylic acids is 1. The van der Waals surface area contributed by atoms with Crippen LogP contribution in [0.3, 0.4) is 0 Å². The van der Waals surface area contributed by atoms with Crippen LogP contribution >= 0.6 is 0 Å². The van der Waals surface area contributed by atoms with E-state index in [2.05, 4.69) is 33.2 Å². The first-order chi connectivity index (χ1) is 12.8. The molecule has 2 atom stereocenters. The Balaban J connectivity index is 1.84. The number of nitriles is 1. The molecule has 0 radical (unpaired) electrons. The van der Waals surface area contributed by atoms with Gasteiger partial charge in [0, 0.05) is 31.5 Å². The van der Waals surface area contributed by atoms with Crippen LogP contribution in [0.5, 0.6) is 0 Å². The van der Waals surface area contributed by atoms with Gasteiger partial charge in [0.05, 0.1) is 23.3 Å². The Kier molecular flexibility index (Phi) is 5.29. The third-order valence-electron chi connectivity index (χ3n) is 4.68. The van der Waals surface area contributed by atoms with Crippen LogP contribution in [0.4, 0.5) is 5.69 Å². The summed E-state index contributed by atoms with van der Waals surface area (Å²) < 4.78 is 0. The fourth-order valence-corrected chi connectivity index (χ4v) is 3.71. The van der Waals surface area contributed by atoms with E-state index in [1.807, 2.05) is 6.07 Å². The van der Waals surface area contributed by atoms with E-state index in [1.165, 1.54) is 0 Å². The quantitative estimate of drug-likeness (QED) is 0.857. The number of carbonyl (C=O) groups is 1. The number of anilines is 1. The van der Waals surface area contributed by atoms with Gasteiger partial charge in [-0.1, -0.05) is 6.92 Å². The molecule has 142 valence electrons. The fraction of sp³-hybridized carbons (Fsp3) is 0.500. The van der Waals surface area contributed by atoms with E-state index in [1.54, 1.807) is 32.3 Å². The van der Waals surface area contributed by atoms with E-state index < -0.39 is 5.60 Å². The lowest BCUT2D eigenvalue weighted by molar-refractivity contribution is -0.125. The van der Waals surface area contributed by atoms with Crippen molar-refractivity contribution in [1.82, 2.24) is 15.3 Å². The smallest absolute Gasteiger partial charge is 0.223 e. The summed E-state index contributed by atoms with van der Waals surface area (Å²) in [4.78, 5) is 23.2. The van der Waals surface area contributed by atoms with Crippen LogP contribution in [0.25, 0.3) is 11.0 Å². The van der Waals surface area contributed by atoms with Crippen molar-refractivity contribution in [2.45, 2.75) is 45.3 Å². The molecule has 7 nitrogen and oxygen atoms in total. The molecule has 1 aromatic carbocycles. The number of rotatable bonds is 4. The van der Waals surface area contributed by atoms with Gasteiger partial charge in [-0.2, -0.15) is 5.26 Å². The molecule has 1 aromatic heterocycles. The van der Waals surface area contributed by atoms with E-state index in [4.69, 9.17) is 0 Å². The molecule has 2 aromatic rings. The van der Waals surface area contributed by atoms with Crippen LogP contribution in [0.2, 0.25) is 0 Å². The van der Waals surface area contributed by atoms with Crippen molar-refractivity contribution in [2.24, 2.45) is 5.92 Å². The topological polar surface area (TPSA) is 102 Å². The summed E-state index contributed by atoms with van der Waals surface area (Å²) in [6.07, 6.45) is 4.17. The minimum Gasteiger partial charge on any atom is -0.390 e. The van der Waals surface area contributed by atoms with Gasteiger partial charge < -0.3 is 15.3 Å². The van der Waals surface area contributed by atoms with Gasteiger partial charge in [-0.15, -0.1) is 0 Å². The maximum Gasteiger partial charge on any atom is 0.223 e. The average molecular weight is 367 g/mol. The van der Waals surface area contributed by atoms with Crippen LogP contribution in [0.1, 0.15) is 39.2 Å². The molecule has 0 bridgehead atoms. The summed E-state index contributed by atoms with van der Waals surface area (Å²) >= 11 is 0. The van der Waals surface area contributed by atoms with E-state index in [-0.39, 0.29) is 18.4 Å². The first kappa shape index (κ1) is 19.1. The van der Waals surface area contributed by atoms with Crippen molar-refractivity contribution in [3.05, 3.63) is 30.1 Å². The van der Waals surface area contributed by atoms with Gasteiger partial charge in [0.15, 0.2) is 0 Å². The van der Waals surface area contributed by atoms with Crippen molar-refractivity contribution in [3.63, 3.8) is 0 Å². The third kappa shape index (κ3) is 4.52. The Labute approximate surface area is 159 Å². The van der Waals surface area contributed by atoms with Crippen molar-refractivity contribution >= 4 is 22.6 Å². The largest absolute Gasteiger partial charge is 0.390 e. The Hall–Kier alpha value is -2.72. The van der Waals surface area contributed by atoms with E-state index in [0.29, 0.717) is 29.1 Å². The lowest BCUT2D eigenvalue weighted by Crippen LogP contribution is -2.51. The Bertz CT molecular complexity index is 884. The zero-order chi connectivity index (χ0) is 19.6. The first-order valence-electron chi connectivity index (χ1n) is 9.17. The summed E-state index contributed by atoms with van der Waals surface area (Å²) in [6.45, 7) is 6.90. The summed E-state index contributed by atoms with van der Waals surface area (Å²) in [7, 11) is 0. The summed E-state index contributed by atoms with van der Waals surface area (Å²) in [5, 5.41) is 22.2. The number of aromatic nitrogens is 2. The van der Waals surface area contributed by atoms with Crippen molar-refractivity contribution < 1.29 is 9.90 Å². The van der Waals surface area contributed by atoms with E-state index in [9.17, 15) is 15.2 Å². The van der Waals surface area contributed by atoms with Crippen LogP contribution < -0.4 is 10.2 Å². The van der Waals surface area contributed by atoms with E-state index >= 15 is 0 Å². The Morgan fingerprint density at radius 2 is 2.04 bits per heavy atom. The molecule has 0 saturated carbocycles. The average Bonchev–Trinajstić information content (AvgIpc) is 2.58. The molecule has 7 heteroatoms. The maximum atomic E-state index is 12.2. The molecule has 1 aliphatic heterocycles. The molecule has 0 aliphatic carbocycles. The number of piperidine rings is 1. The molecule has 2 heterocycles. The number of aliphatic hydroxyl groups is 1. The van der Waals surface area contributed by atoms with Gasteiger partial charge in [0.25, 0.3) is 0 Å². The lowest BCUT2D eigenvalue weighted by atomic mass is 9.94. The molecule has 27 heavy (non-hydrogen) atoms. The number of nitrogens with zero attached hydrogens (tertiary/aromatic N) is 4. The minimum atomic E-state index is -1.02. The highest BCUT2D eigenvalue weighted by atomic mass is 16.3. The van der Waals surface area contributed by atoms with Gasteiger partial charge in [-0.25, -0.2) is 0 Å². The molecular weight excluding hydrogens is 342 g/mol. The molecule has 1 saturated heterocycles. The highest BCUT2D eigenvalue weighted by molar-refractivity contribution is 5.92. The molecule has 1 fully saturated rings. The standard InChI is InChI=1S/C20H25N5O2/c1-13-8-15(24-17(26)9-20(2,3)27)12-25(11-13)16-5-4-14(10-21)18-19(16)23-7-6-22-18/h4-7,13,15,27H,8-9,11-12H2,1-3H3,(H,24,26)/t13?,15-/m1/s1. The number of hydrogen-bond acceptors (Lipinski definition) is 6. The van der Waals surface area contributed by atoms with Gasteiger partial charge in [0.2, 0.25) is 5.91 Å². The van der Waals surface area contributed by atoms with Gasteiger partial charge in [-0.3, -0.25) is 14.8 Å². The second-order valence-corrected chi connectivity index (χ2v) is 8.00. The van der Waals surface area contributed by atoms with Crippen LogP contribution in [-0.4, -0.2) is 45.7 Å². The number of hydrogen-bond donors (Lipinski definition) is 2. The number of fused-ring (bicyclic) bond motifs is 1. The van der Waals surface area contributed by atoms with Gasteiger partial charge >= 0.3 is 0 Å². The normalized spacial score (nSPS) is 20.3. The molecular formula is C20H25N5O2. The number of amides is 1. The molecule has 0 spiro atoms. The third-order valence-corrected chi connectivity index (χ3v) is 4.68. The second kappa shape index (κ2) is 7.49. The number of nitrogens with one attached hydrogen (secondary N) is 1. The molecule has 2 N–H and O–H groups in total. The van der Waals surface area contributed by atoms with Crippen molar-refractivity contribution in [2.75, 3.05) is 18.0 Å². The van der Waals surface area contributed by atoms with Gasteiger partial charge in [0.1, 0.15) is 17.1 Å². The van der Waals surface area contributed by atoms with E-state index in [0.717, 1.165) is 18.7 Å². The van der Waals surface area contributed by atoms with Crippen LogP contribution in [-0.2, 0) is 4.79 Å². The molecule has 1 amide bonds. The SMILES string of the molecule is CC1C[C@@H](NC(=O)CC(C)(C)O)CN(c2ccc(C#N)c3nccnc23)C1. The summed E-state index contributed by atoms with van der Waals surface area (Å²) in [5.74, 6) is 0.236. The predicted molar refractivity (Wildman–Crippen MR) is 103 cm³/mol. The fourth-order valence-electron chi connectivity index (χ4n) is 3.71. The van der Waals surface area contributed by atoms with Gasteiger partial charge in [-0.05, 0) is 38.3 Å². The zero-order valence-electron chi connectivity index (χ0n) is 15.9. The summed E-state index contributed by atoms with van der Waals surface area (Å²) in [5.41, 5.74) is 1.70. The lowest BCUT2D eigenvalue weighted by Gasteiger charge is -2.38. The van der Waals surface area contributed by atoms with Crippen LogP contribution in [0.15, 0.2) is 24.5 Å². The molecule has 1 unspecified atom stereocenters. The molecule has 1 aliphatic rings.